The van der Waals surface area contributed by atoms with Crippen molar-refractivity contribution in [3.8, 4) is 5.06 Å². The van der Waals surface area contributed by atoms with E-state index in [1.807, 2.05) is 0 Å². The number of nitrogens with two attached hydrogens (primary N) is 1. The number of rotatable bonds is 3. The molecule has 1 aromatic rings. The zero-order chi connectivity index (χ0) is 13.1. The van der Waals surface area contributed by atoms with Crippen LogP contribution in [-0.4, -0.2) is 23.8 Å². The quantitative estimate of drug-likeness (QED) is 0.508. The second kappa shape index (κ2) is 5.15. The summed E-state index contributed by atoms with van der Waals surface area (Å²) in [5.74, 6) is 3.74. The topological polar surface area (TPSA) is 111 Å². The minimum absolute atomic E-state index is 0.209. The molecule has 7 nitrogen and oxygen atoms in total. The van der Waals surface area contributed by atoms with Crippen LogP contribution in [0.25, 0.3) is 0 Å². The first kappa shape index (κ1) is 12.5. The van der Waals surface area contributed by atoms with E-state index in [2.05, 4.69) is 15.5 Å². The molecular formula is C10H11N3O4S. The fourth-order valence-corrected chi connectivity index (χ4v) is 2.29. The third-order valence-electron chi connectivity index (χ3n) is 2.53. The molecule has 0 spiro atoms. The number of thiophene rings is 1. The van der Waals surface area contributed by atoms with Gasteiger partial charge in [-0.1, -0.05) is 0 Å². The highest BCUT2D eigenvalue weighted by atomic mass is 32.1. The van der Waals surface area contributed by atoms with Crippen molar-refractivity contribution < 1.29 is 19.2 Å². The molecule has 18 heavy (non-hydrogen) atoms. The van der Waals surface area contributed by atoms with Gasteiger partial charge in [-0.3, -0.25) is 19.7 Å². The molecule has 0 aromatic carbocycles. The summed E-state index contributed by atoms with van der Waals surface area (Å²) in [4.78, 5) is 38.8. The number of carbonyl (C=O) groups excluding carboxylic acids is 3. The van der Waals surface area contributed by atoms with Crippen molar-refractivity contribution in [1.82, 2.24) is 10.6 Å². The van der Waals surface area contributed by atoms with Gasteiger partial charge in [-0.15, -0.1) is 11.3 Å². The number of hydrogen-bond acceptors (Lipinski definition) is 6. The maximum absolute atomic E-state index is 11.9. The minimum Gasteiger partial charge on any atom is -0.400 e. The predicted octanol–water partition coefficient (Wildman–Crippen LogP) is -0.464. The SMILES string of the molecule is NOc1sccc1C(=O)NC1CCC(=O)NC1=O. The van der Waals surface area contributed by atoms with Gasteiger partial charge < -0.3 is 10.2 Å². The Morgan fingerprint density at radius 3 is 3.00 bits per heavy atom. The van der Waals surface area contributed by atoms with Gasteiger partial charge in [0.25, 0.3) is 5.91 Å². The van der Waals surface area contributed by atoms with Gasteiger partial charge in [0, 0.05) is 6.42 Å². The molecule has 0 saturated carbocycles. The Bertz CT molecular complexity index is 499. The predicted molar refractivity (Wildman–Crippen MR) is 62.8 cm³/mol. The number of amides is 3. The van der Waals surface area contributed by atoms with Gasteiger partial charge >= 0.3 is 0 Å². The number of imide groups is 1. The number of carbonyl (C=O) groups is 3. The Labute approximate surface area is 106 Å². The molecule has 1 aliphatic rings. The van der Waals surface area contributed by atoms with Crippen LogP contribution in [-0.2, 0) is 9.59 Å². The highest BCUT2D eigenvalue weighted by molar-refractivity contribution is 7.12. The molecular weight excluding hydrogens is 258 g/mol. The maximum atomic E-state index is 11.9. The Hall–Kier alpha value is -1.93. The summed E-state index contributed by atoms with van der Waals surface area (Å²) in [6.45, 7) is 0. The molecule has 96 valence electrons. The van der Waals surface area contributed by atoms with E-state index in [0.717, 1.165) is 0 Å². The van der Waals surface area contributed by atoms with Crippen molar-refractivity contribution in [2.24, 2.45) is 5.90 Å². The number of nitrogens with one attached hydrogen (secondary N) is 2. The van der Waals surface area contributed by atoms with Gasteiger partial charge in [0.05, 0.1) is 5.56 Å². The first-order chi connectivity index (χ1) is 8.61. The standard InChI is InChI=1S/C10H11N3O4S/c11-17-10-5(3-4-18-10)8(15)12-6-1-2-7(14)13-9(6)16/h3-4,6H,1-2,11H2,(H,12,15)(H,13,14,16). The summed E-state index contributed by atoms with van der Waals surface area (Å²) in [5, 5.41) is 6.63. The van der Waals surface area contributed by atoms with E-state index >= 15 is 0 Å². The highest BCUT2D eigenvalue weighted by Crippen LogP contribution is 2.24. The van der Waals surface area contributed by atoms with Gasteiger partial charge in [0.15, 0.2) is 0 Å². The van der Waals surface area contributed by atoms with Gasteiger partial charge in [-0.05, 0) is 17.9 Å². The lowest BCUT2D eigenvalue weighted by Crippen LogP contribution is -2.52. The van der Waals surface area contributed by atoms with Crippen LogP contribution in [0.3, 0.4) is 0 Å². The van der Waals surface area contributed by atoms with Crippen molar-refractivity contribution in [2.75, 3.05) is 0 Å². The van der Waals surface area contributed by atoms with Crippen LogP contribution in [0.15, 0.2) is 11.4 Å². The van der Waals surface area contributed by atoms with Crippen molar-refractivity contribution in [3.05, 3.63) is 17.0 Å². The first-order valence-electron chi connectivity index (χ1n) is 5.20. The fraction of sp³-hybridized carbons (Fsp3) is 0.300. The number of piperidine rings is 1. The largest absolute Gasteiger partial charge is 0.400 e. The zero-order valence-corrected chi connectivity index (χ0v) is 10.1. The molecule has 8 heteroatoms. The van der Waals surface area contributed by atoms with Crippen molar-refractivity contribution >= 4 is 29.1 Å². The van der Waals surface area contributed by atoms with E-state index in [-0.39, 0.29) is 23.0 Å². The summed E-state index contributed by atoms with van der Waals surface area (Å²) >= 11 is 1.18. The third-order valence-corrected chi connectivity index (χ3v) is 3.33. The van der Waals surface area contributed by atoms with Gasteiger partial charge in [0.1, 0.15) is 6.04 Å². The molecule has 1 saturated heterocycles. The minimum atomic E-state index is -0.708. The Morgan fingerprint density at radius 2 is 2.33 bits per heavy atom. The average molecular weight is 269 g/mol. The van der Waals surface area contributed by atoms with Crippen molar-refractivity contribution in [3.63, 3.8) is 0 Å². The molecule has 1 aliphatic heterocycles. The van der Waals surface area contributed by atoms with Crippen LogP contribution >= 0.6 is 11.3 Å². The second-order valence-corrected chi connectivity index (χ2v) is 4.60. The van der Waals surface area contributed by atoms with Gasteiger partial charge in [-0.25, -0.2) is 0 Å². The molecule has 4 N–H and O–H groups in total. The molecule has 0 bridgehead atoms. The summed E-state index contributed by atoms with van der Waals surface area (Å²) in [6, 6.07) is 0.842. The molecule has 3 amide bonds. The summed E-state index contributed by atoms with van der Waals surface area (Å²) < 4.78 is 0. The fourth-order valence-electron chi connectivity index (χ4n) is 1.62. The van der Waals surface area contributed by atoms with E-state index in [9.17, 15) is 14.4 Å². The number of hydrogen-bond donors (Lipinski definition) is 3. The Balaban J connectivity index is 2.03. The monoisotopic (exact) mass is 269 g/mol. The smallest absolute Gasteiger partial charge is 0.256 e. The molecule has 2 heterocycles. The van der Waals surface area contributed by atoms with E-state index in [1.165, 1.54) is 11.3 Å². The zero-order valence-electron chi connectivity index (χ0n) is 9.26. The highest BCUT2D eigenvalue weighted by Gasteiger charge is 2.28. The maximum Gasteiger partial charge on any atom is 0.256 e. The first-order valence-corrected chi connectivity index (χ1v) is 6.08. The molecule has 1 aromatic heterocycles. The third kappa shape index (κ3) is 2.49. The van der Waals surface area contributed by atoms with Crippen LogP contribution in [0.2, 0.25) is 0 Å². The lowest BCUT2D eigenvalue weighted by atomic mass is 10.1. The molecule has 2 rings (SSSR count). The molecule has 1 unspecified atom stereocenters. The van der Waals surface area contributed by atoms with E-state index in [1.54, 1.807) is 11.4 Å². The normalized spacial score (nSPS) is 19.3. The van der Waals surface area contributed by atoms with Gasteiger partial charge in [-0.2, -0.15) is 5.90 Å². The molecule has 1 atom stereocenters. The average Bonchev–Trinajstić information content (AvgIpc) is 2.81. The van der Waals surface area contributed by atoms with Crippen molar-refractivity contribution in [1.29, 1.82) is 0 Å². The molecule has 0 aliphatic carbocycles. The summed E-state index contributed by atoms with van der Waals surface area (Å²) in [7, 11) is 0. The van der Waals surface area contributed by atoms with Crippen LogP contribution in [0.5, 0.6) is 5.06 Å². The van der Waals surface area contributed by atoms with Crippen LogP contribution in [0.4, 0.5) is 0 Å². The van der Waals surface area contributed by atoms with Crippen LogP contribution < -0.4 is 21.4 Å². The van der Waals surface area contributed by atoms with E-state index in [0.29, 0.717) is 6.42 Å². The lowest BCUT2D eigenvalue weighted by molar-refractivity contribution is -0.134. The van der Waals surface area contributed by atoms with E-state index < -0.39 is 17.9 Å². The Morgan fingerprint density at radius 1 is 1.56 bits per heavy atom. The molecule has 1 fully saturated rings. The molecule has 0 radical (unpaired) electrons. The van der Waals surface area contributed by atoms with Gasteiger partial charge in [0.2, 0.25) is 16.9 Å². The second-order valence-electron chi connectivity index (χ2n) is 3.72. The van der Waals surface area contributed by atoms with Crippen molar-refractivity contribution in [2.45, 2.75) is 18.9 Å². The van der Waals surface area contributed by atoms with Crippen LogP contribution in [0, 0.1) is 0 Å². The summed E-state index contributed by atoms with van der Waals surface area (Å²) in [6.07, 6.45) is 0.500. The lowest BCUT2D eigenvalue weighted by Gasteiger charge is -2.21. The Kier molecular flexibility index (Phi) is 3.58. The summed E-state index contributed by atoms with van der Waals surface area (Å²) in [5.41, 5.74) is 0.271. The van der Waals surface area contributed by atoms with Crippen LogP contribution in [0.1, 0.15) is 23.2 Å². The van der Waals surface area contributed by atoms with E-state index in [4.69, 9.17) is 5.90 Å².